The van der Waals surface area contributed by atoms with E-state index in [2.05, 4.69) is 5.32 Å². The van der Waals surface area contributed by atoms with Crippen LogP contribution >= 0.6 is 0 Å². The van der Waals surface area contributed by atoms with E-state index in [1.54, 1.807) is 0 Å². The molecule has 0 spiro atoms. The fourth-order valence-corrected chi connectivity index (χ4v) is 1.79. The Kier molecular flexibility index (Phi) is 5.10. The fourth-order valence-electron chi connectivity index (χ4n) is 1.79. The average Bonchev–Trinajstić information content (AvgIpc) is 2.28. The molecule has 1 N–H and O–H groups in total. The van der Waals surface area contributed by atoms with E-state index in [-0.39, 0.29) is 24.4 Å². The van der Waals surface area contributed by atoms with Crippen LogP contribution in [0.25, 0.3) is 0 Å². The predicted octanol–water partition coefficient (Wildman–Crippen LogP) is 2.18. The van der Waals surface area contributed by atoms with Crippen molar-refractivity contribution < 1.29 is 9.59 Å². The molecule has 1 rings (SSSR count). The van der Waals surface area contributed by atoms with E-state index in [0.29, 0.717) is 0 Å². The number of carbonyl (C=O) groups is 2. The number of rotatable bonds is 4. The van der Waals surface area contributed by atoms with Crippen LogP contribution in [0.3, 0.4) is 0 Å². The molecule has 0 fully saturated rings. The minimum atomic E-state index is -0.150. The summed E-state index contributed by atoms with van der Waals surface area (Å²) in [5.74, 6) is -0.286. The Balaban J connectivity index is 2.91. The molecule has 1 aromatic carbocycles. The number of nitrogens with one attached hydrogen (secondary N) is 1. The molecule has 4 heteroatoms. The zero-order valence-electron chi connectivity index (χ0n) is 12.3. The number of amides is 2. The van der Waals surface area contributed by atoms with Crippen LogP contribution in [0.2, 0.25) is 0 Å². The molecule has 2 amide bonds. The maximum absolute atomic E-state index is 11.8. The summed E-state index contributed by atoms with van der Waals surface area (Å²) >= 11 is 0. The summed E-state index contributed by atoms with van der Waals surface area (Å²) in [6.07, 6.45) is 0. The third-order valence-corrected chi connectivity index (χ3v) is 2.93. The Hall–Kier alpha value is -1.84. The Labute approximate surface area is 114 Å². The van der Waals surface area contributed by atoms with Crippen molar-refractivity contribution in [1.82, 2.24) is 5.32 Å². The maximum atomic E-state index is 11.8. The summed E-state index contributed by atoms with van der Waals surface area (Å²) in [6.45, 7) is 9.32. The third-order valence-electron chi connectivity index (χ3n) is 2.93. The van der Waals surface area contributed by atoms with Crippen molar-refractivity contribution in [3.63, 3.8) is 0 Å². The lowest BCUT2D eigenvalue weighted by atomic mass is 10.1. The second kappa shape index (κ2) is 6.36. The van der Waals surface area contributed by atoms with E-state index in [0.717, 1.165) is 11.3 Å². The van der Waals surface area contributed by atoms with E-state index in [1.165, 1.54) is 17.4 Å². The van der Waals surface area contributed by atoms with Crippen LogP contribution in [0.1, 0.15) is 31.9 Å². The van der Waals surface area contributed by atoms with Crippen molar-refractivity contribution >= 4 is 17.5 Å². The van der Waals surface area contributed by atoms with Gasteiger partial charge >= 0.3 is 0 Å². The molecule has 0 heterocycles. The molecule has 4 nitrogen and oxygen atoms in total. The Morgan fingerprint density at radius 1 is 1.21 bits per heavy atom. The van der Waals surface area contributed by atoms with Crippen molar-refractivity contribution in [2.45, 2.75) is 40.7 Å². The van der Waals surface area contributed by atoms with Gasteiger partial charge < -0.3 is 10.2 Å². The minimum absolute atomic E-state index is 0.0516. The highest BCUT2D eigenvalue weighted by Gasteiger charge is 2.16. The number of hydrogen-bond donors (Lipinski definition) is 1. The first-order chi connectivity index (χ1) is 8.81. The zero-order valence-corrected chi connectivity index (χ0v) is 12.3. The molecular weight excluding hydrogens is 240 g/mol. The zero-order chi connectivity index (χ0) is 14.6. The maximum Gasteiger partial charge on any atom is 0.240 e. The number of nitrogens with zero attached hydrogens (tertiary/aromatic N) is 1. The summed E-state index contributed by atoms with van der Waals surface area (Å²) < 4.78 is 0. The topological polar surface area (TPSA) is 49.4 Å². The molecule has 0 aliphatic rings. The molecule has 0 aromatic heterocycles. The van der Waals surface area contributed by atoms with Gasteiger partial charge in [0.05, 0.1) is 0 Å². The molecule has 1 aromatic rings. The molecule has 0 unspecified atom stereocenters. The highest BCUT2D eigenvalue weighted by molar-refractivity contribution is 5.97. The number of carbonyl (C=O) groups excluding carboxylic acids is 2. The van der Waals surface area contributed by atoms with Gasteiger partial charge in [0, 0.05) is 18.7 Å². The van der Waals surface area contributed by atoms with Gasteiger partial charge in [0.1, 0.15) is 6.54 Å². The lowest BCUT2D eigenvalue weighted by molar-refractivity contribution is -0.123. The minimum Gasteiger partial charge on any atom is -0.352 e. The van der Waals surface area contributed by atoms with Crippen molar-refractivity contribution in [2.75, 3.05) is 11.4 Å². The highest BCUT2D eigenvalue weighted by atomic mass is 16.2. The van der Waals surface area contributed by atoms with Crippen molar-refractivity contribution in [1.29, 1.82) is 0 Å². The summed E-state index contributed by atoms with van der Waals surface area (Å²) in [5, 5.41) is 2.79. The fraction of sp³-hybridized carbons (Fsp3) is 0.467. The number of anilines is 1. The first-order valence-electron chi connectivity index (χ1n) is 6.46. The van der Waals surface area contributed by atoms with Crippen LogP contribution in [-0.4, -0.2) is 24.4 Å². The van der Waals surface area contributed by atoms with Crippen LogP contribution in [0, 0.1) is 13.8 Å². The second-order valence-electron chi connectivity index (χ2n) is 5.10. The van der Waals surface area contributed by atoms with E-state index in [4.69, 9.17) is 0 Å². The van der Waals surface area contributed by atoms with E-state index in [1.807, 2.05) is 45.9 Å². The molecule has 0 bridgehead atoms. The van der Waals surface area contributed by atoms with Gasteiger partial charge in [-0.2, -0.15) is 0 Å². The van der Waals surface area contributed by atoms with Crippen molar-refractivity contribution in [3.05, 3.63) is 29.3 Å². The van der Waals surface area contributed by atoms with Gasteiger partial charge in [-0.25, -0.2) is 0 Å². The molecule has 0 saturated heterocycles. The lowest BCUT2D eigenvalue weighted by Gasteiger charge is -2.22. The van der Waals surface area contributed by atoms with Gasteiger partial charge in [-0.15, -0.1) is 0 Å². The number of benzene rings is 1. The van der Waals surface area contributed by atoms with Crippen molar-refractivity contribution in [3.8, 4) is 0 Å². The first kappa shape index (κ1) is 15.2. The van der Waals surface area contributed by atoms with E-state index in [9.17, 15) is 9.59 Å². The highest BCUT2D eigenvalue weighted by Crippen LogP contribution is 2.18. The second-order valence-corrected chi connectivity index (χ2v) is 5.10. The van der Waals surface area contributed by atoms with E-state index < -0.39 is 0 Å². The van der Waals surface area contributed by atoms with Gasteiger partial charge in [0.2, 0.25) is 11.8 Å². The molecular formula is C15H22N2O2. The molecule has 0 saturated carbocycles. The van der Waals surface area contributed by atoms with Gasteiger partial charge in [0.25, 0.3) is 0 Å². The van der Waals surface area contributed by atoms with Gasteiger partial charge in [0.15, 0.2) is 0 Å². The Morgan fingerprint density at radius 2 is 1.84 bits per heavy atom. The van der Waals surface area contributed by atoms with Gasteiger partial charge in [-0.1, -0.05) is 6.07 Å². The largest absolute Gasteiger partial charge is 0.352 e. The smallest absolute Gasteiger partial charge is 0.240 e. The summed E-state index contributed by atoms with van der Waals surface area (Å²) in [6, 6.07) is 5.83. The molecule has 0 atom stereocenters. The van der Waals surface area contributed by atoms with E-state index >= 15 is 0 Å². The summed E-state index contributed by atoms with van der Waals surface area (Å²) in [5.41, 5.74) is 3.03. The summed E-state index contributed by atoms with van der Waals surface area (Å²) in [7, 11) is 0. The lowest BCUT2D eigenvalue weighted by Crippen LogP contribution is -2.42. The monoisotopic (exact) mass is 262 g/mol. The summed E-state index contributed by atoms with van der Waals surface area (Å²) in [4.78, 5) is 25.0. The molecule has 19 heavy (non-hydrogen) atoms. The SMILES string of the molecule is CC(=O)N(CC(=O)NC(C)C)c1ccc(C)c(C)c1. The average molecular weight is 262 g/mol. The van der Waals surface area contributed by atoms with Crippen LogP contribution < -0.4 is 10.2 Å². The first-order valence-corrected chi connectivity index (χ1v) is 6.46. The molecule has 104 valence electrons. The van der Waals surface area contributed by atoms with Crippen LogP contribution in [-0.2, 0) is 9.59 Å². The number of aryl methyl sites for hydroxylation is 2. The molecule has 0 aliphatic heterocycles. The third kappa shape index (κ3) is 4.39. The normalized spacial score (nSPS) is 10.4. The van der Waals surface area contributed by atoms with Gasteiger partial charge in [-0.3, -0.25) is 9.59 Å². The van der Waals surface area contributed by atoms with Crippen molar-refractivity contribution in [2.24, 2.45) is 0 Å². The quantitative estimate of drug-likeness (QED) is 0.904. The number of hydrogen-bond acceptors (Lipinski definition) is 2. The molecule has 0 aliphatic carbocycles. The molecule has 0 radical (unpaired) electrons. The Bertz CT molecular complexity index is 481. The van der Waals surface area contributed by atoms with Crippen LogP contribution in [0.4, 0.5) is 5.69 Å². The van der Waals surface area contributed by atoms with Crippen LogP contribution in [0.15, 0.2) is 18.2 Å². The van der Waals surface area contributed by atoms with Crippen LogP contribution in [0.5, 0.6) is 0 Å². The van der Waals surface area contributed by atoms with Gasteiger partial charge in [-0.05, 0) is 51.0 Å². The predicted molar refractivity (Wildman–Crippen MR) is 77.2 cm³/mol. The Morgan fingerprint density at radius 3 is 2.32 bits per heavy atom. The standard InChI is InChI=1S/C15H22N2O2/c1-10(2)16-15(19)9-17(13(5)18)14-7-6-11(3)12(4)8-14/h6-8,10H,9H2,1-5H3,(H,16,19).